The Morgan fingerprint density at radius 2 is 1.88 bits per heavy atom. The number of aromatic nitrogens is 1. The van der Waals surface area contributed by atoms with Crippen LogP contribution < -0.4 is 0 Å². The minimum Gasteiger partial charge on any atom is -0.480 e. The van der Waals surface area contributed by atoms with Crippen LogP contribution in [0.5, 0.6) is 0 Å². The Bertz CT molecular complexity index is 1150. The Morgan fingerprint density at radius 3 is 2.58 bits per heavy atom. The number of aliphatic carboxylic acids is 1. The molecule has 1 atom stereocenters. The lowest BCUT2D eigenvalue weighted by Gasteiger charge is -2.21. The predicted octanol–water partition coefficient (Wildman–Crippen LogP) is 6.55. The van der Waals surface area contributed by atoms with Gasteiger partial charge in [0.1, 0.15) is 0 Å². The predicted molar refractivity (Wildman–Crippen MR) is 126 cm³/mol. The second-order valence-corrected chi connectivity index (χ2v) is 8.97. The molecule has 1 aliphatic carbocycles. The molecule has 9 heteroatoms. The number of thiazole rings is 1. The molecule has 0 bridgehead atoms. The van der Waals surface area contributed by atoms with E-state index in [4.69, 9.17) is 0 Å². The van der Waals surface area contributed by atoms with Gasteiger partial charge in [0, 0.05) is 29.0 Å². The van der Waals surface area contributed by atoms with Crippen LogP contribution in [-0.2, 0) is 11.2 Å². The van der Waals surface area contributed by atoms with Crippen molar-refractivity contribution in [2.75, 3.05) is 0 Å². The number of carboxylic acid groups (broad SMARTS) is 1. The maximum Gasteiger partial charge on any atom is 0.330 e. The van der Waals surface area contributed by atoms with Crippen molar-refractivity contribution >= 4 is 28.1 Å². The molecular weight excluding hydrogens is 440 g/mol. The van der Waals surface area contributed by atoms with Crippen molar-refractivity contribution < 1.29 is 14.8 Å². The summed E-state index contributed by atoms with van der Waals surface area (Å²) >= 11 is 1.27. The van der Waals surface area contributed by atoms with Gasteiger partial charge in [0.2, 0.25) is 5.13 Å². The molecule has 1 aromatic heterocycles. The van der Waals surface area contributed by atoms with Crippen molar-refractivity contribution in [3.8, 4) is 11.3 Å². The largest absolute Gasteiger partial charge is 0.480 e. The molecule has 1 N–H and O–H groups in total. The van der Waals surface area contributed by atoms with E-state index in [1.807, 2.05) is 5.38 Å². The zero-order valence-electron chi connectivity index (χ0n) is 18.0. The Morgan fingerprint density at radius 1 is 1.15 bits per heavy atom. The van der Waals surface area contributed by atoms with Crippen LogP contribution in [0.25, 0.3) is 11.3 Å². The molecular formula is C24H24N4O4S. The standard InChI is InChI=1S/C24H24N4O4S/c29-23(30)20(14-19-8-4-5-9-22(19)28(31)32)26-27-24-25-21(15-33-24)18-12-10-17(11-13-18)16-6-2-1-3-7-16/h4-5,8-13,15-16,20H,1-3,6-7,14H2,(H,29,30). The van der Waals surface area contributed by atoms with E-state index < -0.39 is 16.9 Å². The molecule has 3 aromatic rings. The summed E-state index contributed by atoms with van der Waals surface area (Å²) in [6.45, 7) is 0. The Hall–Kier alpha value is -3.46. The highest BCUT2D eigenvalue weighted by molar-refractivity contribution is 7.13. The molecule has 1 heterocycles. The van der Waals surface area contributed by atoms with Crippen molar-refractivity contribution in [3.63, 3.8) is 0 Å². The van der Waals surface area contributed by atoms with E-state index in [1.54, 1.807) is 6.07 Å². The lowest BCUT2D eigenvalue weighted by atomic mass is 9.84. The number of hydrogen-bond donors (Lipinski definition) is 1. The average molecular weight is 465 g/mol. The van der Waals surface area contributed by atoms with E-state index in [0.717, 1.165) is 11.3 Å². The molecule has 4 rings (SSSR count). The summed E-state index contributed by atoms with van der Waals surface area (Å²) in [5.74, 6) is -0.562. The van der Waals surface area contributed by atoms with Crippen LogP contribution in [0.4, 0.5) is 10.8 Å². The molecule has 0 spiro atoms. The molecule has 8 nitrogen and oxygen atoms in total. The van der Waals surface area contributed by atoms with Crippen LogP contribution >= 0.6 is 11.3 Å². The molecule has 1 unspecified atom stereocenters. The van der Waals surface area contributed by atoms with Crippen LogP contribution in [0, 0.1) is 10.1 Å². The molecule has 0 amide bonds. The molecule has 1 fully saturated rings. The SMILES string of the molecule is O=C(O)C(Cc1ccccc1[N+](=O)[O-])N=Nc1nc(-c2ccc(C3CCCCC3)cc2)cs1. The van der Waals surface area contributed by atoms with Gasteiger partial charge in [-0.05, 0) is 24.3 Å². The first-order chi connectivity index (χ1) is 16.0. The first-order valence-electron chi connectivity index (χ1n) is 10.9. The number of benzene rings is 2. The summed E-state index contributed by atoms with van der Waals surface area (Å²) < 4.78 is 0. The van der Waals surface area contributed by atoms with Gasteiger partial charge in [-0.15, -0.1) is 16.5 Å². The summed E-state index contributed by atoms with van der Waals surface area (Å²) in [5.41, 5.74) is 3.27. The number of carboxylic acids is 1. The van der Waals surface area contributed by atoms with Gasteiger partial charge in [-0.25, -0.2) is 9.78 Å². The van der Waals surface area contributed by atoms with Gasteiger partial charge in [-0.2, -0.15) is 5.11 Å². The minimum absolute atomic E-state index is 0.128. The zero-order chi connectivity index (χ0) is 23.2. The van der Waals surface area contributed by atoms with Gasteiger partial charge >= 0.3 is 5.97 Å². The highest BCUT2D eigenvalue weighted by atomic mass is 32.1. The van der Waals surface area contributed by atoms with Crippen molar-refractivity contribution in [1.29, 1.82) is 0 Å². The number of nitro groups is 1. The molecule has 1 saturated carbocycles. The summed E-state index contributed by atoms with van der Waals surface area (Å²) in [6, 6.07) is 13.3. The minimum atomic E-state index is -1.24. The van der Waals surface area contributed by atoms with Crippen LogP contribution in [0.15, 0.2) is 64.1 Å². The number of rotatable bonds is 8. The topological polar surface area (TPSA) is 118 Å². The lowest BCUT2D eigenvalue weighted by Crippen LogP contribution is -2.20. The fourth-order valence-corrected chi connectivity index (χ4v) is 4.82. The maximum absolute atomic E-state index is 11.7. The second kappa shape index (κ2) is 10.4. The molecule has 0 saturated heterocycles. The number of nitro benzene ring substituents is 1. The maximum atomic E-state index is 11.7. The fourth-order valence-electron chi connectivity index (χ4n) is 4.17. The molecule has 170 valence electrons. The van der Waals surface area contributed by atoms with E-state index in [2.05, 4.69) is 39.5 Å². The third-order valence-corrected chi connectivity index (χ3v) is 6.67. The first-order valence-corrected chi connectivity index (χ1v) is 11.8. The van der Waals surface area contributed by atoms with Gasteiger partial charge in [0.05, 0.1) is 10.6 Å². The number of para-hydroxylation sites is 1. The van der Waals surface area contributed by atoms with Crippen LogP contribution in [-0.4, -0.2) is 27.0 Å². The van der Waals surface area contributed by atoms with Gasteiger partial charge in [0.15, 0.2) is 6.04 Å². The Kier molecular flexibility index (Phi) is 7.19. The normalized spacial score (nSPS) is 15.5. The first kappa shape index (κ1) is 22.7. The smallest absolute Gasteiger partial charge is 0.330 e. The van der Waals surface area contributed by atoms with Crippen molar-refractivity contribution in [1.82, 2.24) is 4.98 Å². The van der Waals surface area contributed by atoms with E-state index >= 15 is 0 Å². The van der Waals surface area contributed by atoms with Crippen molar-refractivity contribution in [2.45, 2.75) is 50.5 Å². The third-order valence-electron chi connectivity index (χ3n) is 5.94. The van der Waals surface area contributed by atoms with E-state index in [1.165, 1.54) is 67.2 Å². The molecule has 1 aliphatic rings. The lowest BCUT2D eigenvalue weighted by molar-refractivity contribution is -0.385. The molecule has 0 radical (unpaired) electrons. The summed E-state index contributed by atoms with van der Waals surface area (Å²) in [5, 5.41) is 30.9. The van der Waals surface area contributed by atoms with Crippen molar-refractivity contribution in [2.24, 2.45) is 10.2 Å². The van der Waals surface area contributed by atoms with Crippen LogP contribution in [0.1, 0.15) is 49.1 Å². The highest BCUT2D eigenvalue weighted by Gasteiger charge is 2.23. The highest BCUT2D eigenvalue weighted by Crippen LogP contribution is 2.34. The number of hydrogen-bond acceptors (Lipinski definition) is 7. The molecule has 33 heavy (non-hydrogen) atoms. The summed E-state index contributed by atoms with van der Waals surface area (Å²) in [7, 11) is 0. The van der Waals surface area contributed by atoms with Gasteiger partial charge < -0.3 is 5.11 Å². The molecule has 0 aliphatic heterocycles. The molecule has 2 aromatic carbocycles. The number of carbonyl (C=O) groups is 1. The van der Waals surface area contributed by atoms with E-state index in [9.17, 15) is 20.0 Å². The average Bonchev–Trinajstić information content (AvgIpc) is 3.31. The fraction of sp³-hybridized carbons (Fsp3) is 0.333. The second-order valence-electron chi connectivity index (χ2n) is 8.13. The summed E-state index contributed by atoms with van der Waals surface area (Å²) in [4.78, 5) is 26.8. The van der Waals surface area contributed by atoms with Crippen molar-refractivity contribution in [3.05, 3.63) is 75.2 Å². The van der Waals surface area contributed by atoms with Gasteiger partial charge in [-0.3, -0.25) is 10.1 Å². The Balaban J connectivity index is 1.46. The van der Waals surface area contributed by atoms with Gasteiger partial charge in [0.25, 0.3) is 5.69 Å². The monoisotopic (exact) mass is 464 g/mol. The summed E-state index contributed by atoms with van der Waals surface area (Å²) in [6.07, 6.45) is 6.28. The van der Waals surface area contributed by atoms with E-state index in [0.29, 0.717) is 16.6 Å². The van der Waals surface area contributed by atoms with Crippen LogP contribution in [0.3, 0.4) is 0 Å². The number of azo groups is 1. The van der Waals surface area contributed by atoms with E-state index in [-0.39, 0.29) is 12.1 Å². The van der Waals surface area contributed by atoms with Crippen LogP contribution in [0.2, 0.25) is 0 Å². The zero-order valence-corrected chi connectivity index (χ0v) is 18.8. The Labute approximate surface area is 195 Å². The van der Waals surface area contributed by atoms with Gasteiger partial charge in [-0.1, -0.05) is 61.7 Å². The third kappa shape index (κ3) is 5.67. The number of nitrogens with zero attached hydrogens (tertiary/aromatic N) is 4. The quantitative estimate of drug-likeness (QED) is 0.230.